The maximum absolute atomic E-state index is 14.1. The fourth-order valence-corrected chi connectivity index (χ4v) is 4.29. The van der Waals surface area contributed by atoms with Crippen LogP contribution in [0.25, 0.3) is 0 Å². The van der Waals surface area contributed by atoms with E-state index < -0.39 is 36.1 Å². The number of hydrogen-bond donors (Lipinski definition) is 1. The Labute approximate surface area is 202 Å². The standard InChI is InChI=1S/C26H42F2O6/c1-19(2)34-25(32)13-9-7-5-4-6-8-12-20-21(23(30)18-22(20)29)14-15-24(31)26(27,28)16-10-11-17-33-3/h14-15,19-21,23,30H,4-13,16-18H2,1-3H3/t20-,21+,23-/m1/s1. The molecular formula is C26H42F2O6. The summed E-state index contributed by atoms with van der Waals surface area (Å²) in [6, 6.07) is 0. The first-order valence-corrected chi connectivity index (χ1v) is 12.6. The Bertz CT molecular complexity index is 662. The lowest BCUT2D eigenvalue weighted by Gasteiger charge is -2.18. The van der Waals surface area contributed by atoms with Gasteiger partial charge in [0, 0.05) is 44.8 Å². The van der Waals surface area contributed by atoms with Gasteiger partial charge >= 0.3 is 11.9 Å². The molecule has 0 aromatic rings. The number of allylic oxidation sites excluding steroid dienone is 1. The Morgan fingerprint density at radius 3 is 2.38 bits per heavy atom. The maximum atomic E-state index is 14.1. The summed E-state index contributed by atoms with van der Waals surface area (Å²) in [4.78, 5) is 35.8. The molecule has 8 heteroatoms. The van der Waals surface area contributed by atoms with Crippen molar-refractivity contribution in [2.24, 2.45) is 11.8 Å². The number of ketones is 2. The van der Waals surface area contributed by atoms with Crippen molar-refractivity contribution in [1.82, 2.24) is 0 Å². The zero-order valence-electron chi connectivity index (χ0n) is 20.9. The second-order valence-corrected chi connectivity index (χ2v) is 9.50. The number of ether oxygens (including phenoxy) is 2. The Morgan fingerprint density at radius 2 is 1.74 bits per heavy atom. The summed E-state index contributed by atoms with van der Waals surface area (Å²) < 4.78 is 38.1. The quantitative estimate of drug-likeness (QED) is 0.162. The number of alkyl halides is 2. The van der Waals surface area contributed by atoms with Crippen molar-refractivity contribution in [2.45, 2.75) is 109 Å². The van der Waals surface area contributed by atoms with Crippen LogP contribution in [0.5, 0.6) is 0 Å². The minimum atomic E-state index is -3.46. The molecule has 0 spiro atoms. The first-order valence-electron chi connectivity index (χ1n) is 12.6. The third kappa shape index (κ3) is 11.6. The van der Waals surface area contributed by atoms with E-state index in [1.807, 2.05) is 13.8 Å². The maximum Gasteiger partial charge on any atom is 0.309 e. The van der Waals surface area contributed by atoms with Crippen LogP contribution in [0.3, 0.4) is 0 Å². The molecule has 196 valence electrons. The number of carbonyl (C=O) groups excluding carboxylic acids is 3. The molecule has 0 saturated heterocycles. The van der Waals surface area contributed by atoms with Crippen LogP contribution in [0.1, 0.15) is 90.9 Å². The van der Waals surface area contributed by atoms with Crippen molar-refractivity contribution in [3.63, 3.8) is 0 Å². The largest absolute Gasteiger partial charge is 0.463 e. The van der Waals surface area contributed by atoms with Crippen molar-refractivity contribution in [2.75, 3.05) is 13.7 Å². The normalized spacial score (nSPS) is 21.0. The van der Waals surface area contributed by atoms with Gasteiger partial charge < -0.3 is 14.6 Å². The van der Waals surface area contributed by atoms with E-state index in [0.29, 0.717) is 25.9 Å². The number of unbranched alkanes of at least 4 members (excludes halogenated alkanes) is 6. The van der Waals surface area contributed by atoms with Crippen LogP contribution in [-0.4, -0.2) is 54.5 Å². The van der Waals surface area contributed by atoms with E-state index in [2.05, 4.69) is 0 Å². The summed E-state index contributed by atoms with van der Waals surface area (Å²) in [7, 11) is 1.49. The molecule has 34 heavy (non-hydrogen) atoms. The highest BCUT2D eigenvalue weighted by molar-refractivity contribution is 5.95. The Hall–Kier alpha value is -1.67. The second-order valence-electron chi connectivity index (χ2n) is 9.50. The molecule has 1 aliphatic carbocycles. The summed E-state index contributed by atoms with van der Waals surface area (Å²) in [5.41, 5.74) is 0. The van der Waals surface area contributed by atoms with Crippen molar-refractivity contribution in [3.8, 4) is 0 Å². The number of aliphatic hydroxyl groups excluding tert-OH is 1. The molecule has 1 N–H and O–H groups in total. The highest BCUT2D eigenvalue weighted by Gasteiger charge is 2.41. The zero-order valence-corrected chi connectivity index (χ0v) is 20.9. The molecule has 0 aliphatic heterocycles. The molecule has 0 heterocycles. The molecule has 0 unspecified atom stereocenters. The van der Waals surface area contributed by atoms with Crippen molar-refractivity contribution in [1.29, 1.82) is 0 Å². The highest BCUT2D eigenvalue weighted by Crippen LogP contribution is 2.35. The smallest absolute Gasteiger partial charge is 0.309 e. The van der Waals surface area contributed by atoms with E-state index in [1.54, 1.807) is 0 Å². The lowest BCUT2D eigenvalue weighted by Crippen LogP contribution is -2.27. The predicted octanol–water partition coefficient (Wildman–Crippen LogP) is 5.20. The number of carbonyl (C=O) groups is 3. The first-order chi connectivity index (χ1) is 16.1. The van der Waals surface area contributed by atoms with Crippen LogP contribution >= 0.6 is 0 Å². The van der Waals surface area contributed by atoms with Crippen LogP contribution in [0, 0.1) is 11.8 Å². The first kappa shape index (κ1) is 30.4. The molecule has 6 nitrogen and oxygen atoms in total. The average molecular weight is 489 g/mol. The fraction of sp³-hybridized carbons (Fsp3) is 0.808. The van der Waals surface area contributed by atoms with Gasteiger partial charge in [-0.3, -0.25) is 14.4 Å². The summed E-state index contributed by atoms with van der Waals surface area (Å²) >= 11 is 0. The summed E-state index contributed by atoms with van der Waals surface area (Å²) in [6.45, 7) is 4.02. The molecule has 1 rings (SSSR count). The molecule has 0 amide bonds. The van der Waals surface area contributed by atoms with Crippen LogP contribution in [0.4, 0.5) is 8.78 Å². The van der Waals surface area contributed by atoms with Gasteiger partial charge in [-0.25, -0.2) is 0 Å². The minimum Gasteiger partial charge on any atom is -0.463 e. The molecule has 0 aromatic carbocycles. The number of halogens is 2. The van der Waals surface area contributed by atoms with Crippen molar-refractivity contribution >= 4 is 17.5 Å². The molecule has 3 atom stereocenters. The van der Waals surface area contributed by atoms with Gasteiger partial charge in [-0.05, 0) is 45.6 Å². The number of aliphatic hydroxyl groups is 1. The second kappa shape index (κ2) is 16.1. The van der Waals surface area contributed by atoms with E-state index in [-0.39, 0.29) is 30.7 Å². The Balaban J connectivity index is 2.38. The predicted molar refractivity (Wildman–Crippen MR) is 126 cm³/mol. The summed E-state index contributed by atoms with van der Waals surface area (Å²) in [5.74, 6) is -6.04. The lowest BCUT2D eigenvalue weighted by atomic mass is 9.88. The van der Waals surface area contributed by atoms with Gasteiger partial charge in [0.2, 0.25) is 5.78 Å². The van der Waals surface area contributed by atoms with E-state index in [9.17, 15) is 28.3 Å². The summed E-state index contributed by atoms with van der Waals surface area (Å²) in [5, 5.41) is 10.2. The van der Waals surface area contributed by atoms with E-state index in [4.69, 9.17) is 9.47 Å². The van der Waals surface area contributed by atoms with Gasteiger partial charge in [-0.2, -0.15) is 8.78 Å². The number of methoxy groups -OCH3 is 1. The molecule has 0 bridgehead atoms. The number of Topliss-reactive ketones (excluding diaryl/α,β-unsaturated/α-hetero) is 1. The van der Waals surface area contributed by atoms with Gasteiger partial charge in [-0.15, -0.1) is 0 Å². The number of rotatable bonds is 18. The molecule has 1 fully saturated rings. The molecule has 0 radical (unpaired) electrons. The number of hydrogen-bond acceptors (Lipinski definition) is 6. The van der Waals surface area contributed by atoms with Crippen molar-refractivity contribution < 1.29 is 37.7 Å². The monoisotopic (exact) mass is 488 g/mol. The van der Waals surface area contributed by atoms with Gasteiger partial charge in [0.25, 0.3) is 0 Å². The zero-order chi connectivity index (χ0) is 25.6. The third-order valence-electron chi connectivity index (χ3n) is 6.17. The van der Waals surface area contributed by atoms with Crippen LogP contribution in [0.15, 0.2) is 12.2 Å². The van der Waals surface area contributed by atoms with Crippen LogP contribution < -0.4 is 0 Å². The minimum absolute atomic E-state index is 0.00620. The van der Waals surface area contributed by atoms with E-state index in [0.717, 1.165) is 44.6 Å². The van der Waals surface area contributed by atoms with Gasteiger partial charge in [-0.1, -0.05) is 38.2 Å². The van der Waals surface area contributed by atoms with Crippen LogP contribution in [-0.2, 0) is 23.9 Å². The van der Waals surface area contributed by atoms with Crippen LogP contribution in [0.2, 0.25) is 0 Å². The summed E-state index contributed by atoms with van der Waals surface area (Å²) in [6.07, 6.45) is 7.54. The highest BCUT2D eigenvalue weighted by atomic mass is 19.3. The van der Waals surface area contributed by atoms with E-state index >= 15 is 0 Å². The Morgan fingerprint density at radius 1 is 1.09 bits per heavy atom. The molecule has 1 aliphatic rings. The molecule has 1 saturated carbocycles. The van der Waals surface area contributed by atoms with E-state index in [1.165, 1.54) is 13.2 Å². The Kier molecular flexibility index (Phi) is 14.4. The van der Waals surface area contributed by atoms with Gasteiger partial charge in [0.1, 0.15) is 5.78 Å². The topological polar surface area (TPSA) is 89.9 Å². The third-order valence-corrected chi connectivity index (χ3v) is 6.17. The molecule has 0 aromatic heterocycles. The van der Waals surface area contributed by atoms with Crippen molar-refractivity contribution in [3.05, 3.63) is 12.2 Å². The SMILES string of the molecule is COCCCCC(F)(F)C(=O)C=C[C@@H]1[C@H](O)CC(=O)[C@@H]1CCCCCCCCC(=O)OC(C)C. The number of esters is 1. The van der Waals surface area contributed by atoms with Gasteiger partial charge in [0.15, 0.2) is 0 Å². The average Bonchev–Trinajstić information content (AvgIpc) is 3.02. The lowest BCUT2D eigenvalue weighted by molar-refractivity contribution is -0.147. The fourth-order valence-electron chi connectivity index (χ4n) is 4.29. The van der Waals surface area contributed by atoms with Gasteiger partial charge in [0.05, 0.1) is 12.2 Å². The molecular weight excluding hydrogens is 446 g/mol.